The van der Waals surface area contributed by atoms with Gasteiger partial charge in [-0.3, -0.25) is 14.5 Å². The Morgan fingerprint density at radius 1 is 1.02 bits per heavy atom. The number of carbonyl (C=O) groups is 1. The molecule has 2 aromatic heterocycles. The number of aryl methyl sites for hydroxylation is 2. The van der Waals surface area contributed by atoms with Crippen molar-refractivity contribution in [1.29, 1.82) is 0 Å². The molecule has 1 amide bonds. The molecular formula is C28H33N7O4S. The summed E-state index contributed by atoms with van der Waals surface area (Å²) in [6, 6.07) is 11.4. The van der Waals surface area contributed by atoms with Crippen molar-refractivity contribution in [2.45, 2.75) is 30.2 Å². The van der Waals surface area contributed by atoms with Gasteiger partial charge in [0.2, 0.25) is 5.91 Å². The van der Waals surface area contributed by atoms with Crippen LogP contribution in [0.5, 0.6) is 0 Å². The summed E-state index contributed by atoms with van der Waals surface area (Å²) in [7, 11) is -1.60. The van der Waals surface area contributed by atoms with Crippen LogP contribution in [-0.2, 0) is 20.3 Å². The molecule has 0 radical (unpaired) electrons. The molecule has 12 heteroatoms. The molecule has 2 fully saturated rings. The molecule has 1 unspecified atom stereocenters. The molecule has 11 nitrogen and oxygen atoms in total. The Hall–Kier alpha value is -3.61. The van der Waals surface area contributed by atoms with Crippen molar-refractivity contribution in [3.05, 3.63) is 57.9 Å². The number of H-pyrrole nitrogens is 1. The van der Waals surface area contributed by atoms with E-state index in [0.717, 1.165) is 56.0 Å². The van der Waals surface area contributed by atoms with E-state index in [0.29, 0.717) is 42.1 Å². The molecule has 2 aromatic carbocycles. The molecule has 210 valence electrons. The third-order valence-corrected chi connectivity index (χ3v) is 9.17. The summed E-state index contributed by atoms with van der Waals surface area (Å²) in [6.07, 6.45) is 0.882. The first-order valence-corrected chi connectivity index (χ1v) is 14.8. The van der Waals surface area contributed by atoms with E-state index in [1.807, 2.05) is 49.1 Å². The van der Waals surface area contributed by atoms with Gasteiger partial charge < -0.3 is 14.5 Å². The Kier molecular flexibility index (Phi) is 7.39. The van der Waals surface area contributed by atoms with Gasteiger partial charge in [0.05, 0.1) is 24.1 Å². The molecule has 2 aliphatic rings. The van der Waals surface area contributed by atoms with Crippen LogP contribution in [0.4, 0.5) is 5.69 Å². The van der Waals surface area contributed by atoms with Crippen LogP contribution in [0.25, 0.3) is 16.6 Å². The number of aromatic amines is 1. The summed E-state index contributed by atoms with van der Waals surface area (Å²) in [5.74, 6) is 0.159. The van der Waals surface area contributed by atoms with Gasteiger partial charge in [-0.25, -0.2) is 13.9 Å². The first kappa shape index (κ1) is 26.6. The number of nitrogens with one attached hydrogen (secondary N) is 1. The number of amides is 1. The van der Waals surface area contributed by atoms with E-state index in [2.05, 4.69) is 25.1 Å². The van der Waals surface area contributed by atoms with Crippen molar-refractivity contribution in [1.82, 2.24) is 29.6 Å². The van der Waals surface area contributed by atoms with Gasteiger partial charge in [0, 0.05) is 56.5 Å². The second kappa shape index (κ2) is 11.1. The van der Waals surface area contributed by atoms with Crippen molar-refractivity contribution in [2.75, 3.05) is 63.9 Å². The fourth-order valence-corrected chi connectivity index (χ4v) is 6.66. The van der Waals surface area contributed by atoms with Gasteiger partial charge in [-0.15, -0.1) is 5.10 Å². The second-order valence-electron chi connectivity index (χ2n) is 10.4. The van der Waals surface area contributed by atoms with E-state index in [1.165, 1.54) is 0 Å². The second-order valence-corrected chi connectivity index (χ2v) is 11.8. The average Bonchev–Trinajstić information content (AvgIpc) is 3.17. The lowest BCUT2D eigenvalue weighted by Crippen LogP contribution is -2.50. The molecule has 0 saturated carbocycles. The summed E-state index contributed by atoms with van der Waals surface area (Å²) in [5, 5.41) is 7.94. The van der Waals surface area contributed by atoms with Gasteiger partial charge >= 0.3 is 0 Å². The van der Waals surface area contributed by atoms with Gasteiger partial charge in [-0.05, 0) is 50.1 Å². The van der Waals surface area contributed by atoms with Crippen LogP contribution in [0, 0.1) is 13.8 Å². The summed E-state index contributed by atoms with van der Waals surface area (Å²) in [4.78, 5) is 37.0. The maximum absolute atomic E-state index is 13.5. The number of rotatable bonds is 5. The molecule has 2 aliphatic heterocycles. The predicted molar refractivity (Wildman–Crippen MR) is 152 cm³/mol. The summed E-state index contributed by atoms with van der Waals surface area (Å²) < 4.78 is 20.6. The lowest BCUT2D eigenvalue weighted by molar-refractivity contribution is -0.132. The van der Waals surface area contributed by atoms with E-state index >= 15 is 0 Å². The number of benzene rings is 2. The number of carbonyl (C=O) groups excluding carboxylic acids is 1. The van der Waals surface area contributed by atoms with Crippen LogP contribution in [0.1, 0.15) is 17.5 Å². The molecule has 1 N–H and O–H groups in total. The van der Waals surface area contributed by atoms with Crippen LogP contribution in [0.15, 0.2) is 51.1 Å². The van der Waals surface area contributed by atoms with Gasteiger partial charge in [0.25, 0.3) is 5.56 Å². The molecular weight excluding hydrogens is 530 g/mol. The minimum absolute atomic E-state index is 0.159. The van der Waals surface area contributed by atoms with Crippen molar-refractivity contribution in [3.8, 4) is 0 Å². The van der Waals surface area contributed by atoms with E-state index in [4.69, 9.17) is 4.74 Å². The summed E-state index contributed by atoms with van der Waals surface area (Å²) in [6.45, 7) is 10.1. The first-order valence-electron chi connectivity index (χ1n) is 13.6. The zero-order valence-corrected chi connectivity index (χ0v) is 23.6. The standard InChI is InChI=1S/C28H33N7O4S/c1-19-4-7-24(20(2)16-19)40(38)28-26-29-27(37)22-6-5-21(17-23(22)35(26)31-30-28)33-11-9-32(10-12-33)18-25(36)34-8-3-14-39-15-13-34/h4-7,16-17,31H,3,8-15,18H2,1-2H3. The topological polar surface area (TPSA) is 116 Å². The fraction of sp³-hybridized carbons (Fsp3) is 0.429. The molecule has 0 bridgehead atoms. The maximum atomic E-state index is 13.5. The quantitative estimate of drug-likeness (QED) is 0.390. The highest BCUT2D eigenvalue weighted by Gasteiger charge is 2.24. The zero-order valence-electron chi connectivity index (χ0n) is 22.8. The number of ether oxygens (including phenoxy) is 1. The Bertz CT molecular complexity index is 1650. The van der Waals surface area contributed by atoms with Crippen LogP contribution >= 0.6 is 0 Å². The Morgan fingerprint density at radius 3 is 2.65 bits per heavy atom. The van der Waals surface area contributed by atoms with Gasteiger partial charge in [-0.1, -0.05) is 17.7 Å². The number of piperazine rings is 1. The molecule has 0 aliphatic carbocycles. The van der Waals surface area contributed by atoms with Crippen molar-refractivity contribution >= 4 is 38.9 Å². The van der Waals surface area contributed by atoms with E-state index in [9.17, 15) is 13.8 Å². The largest absolute Gasteiger partial charge is 0.380 e. The predicted octanol–water partition coefficient (Wildman–Crippen LogP) is 1.73. The molecule has 1 atom stereocenters. The molecule has 2 saturated heterocycles. The monoisotopic (exact) mass is 563 g/mol. The van der Waals surface area contributed by atoms with Crippen LogP contribution in [0.2, 0.25) is 0 Å². The summed E-state index contributed by atoms with van der Waals surface area (Å²) in [5.41, 5.74) is 3.45. The zero-order chi connectivity index (χ0) is 27.8. The van der Waals surface area contributed by atoms with E-state index in [-0.39, 0.29) is 22.1 Å². The minimum atomic E-state index is -1.60. The van der Waals surface area contributed by atoms with Crippen LogP contribution in [-0.4, -0.2) is 98.8 Å². The highest BCUT2D eigenvalue weighted by atomic mass is 32.2. The number of aromatic nitrogens is 4. The Labute approximate surface area is 234 Å². The van der Waals surface area contributed by atoms with Crippen LogP contribution in [0.3, 0.4) is 0 Å². The Morgan fingerprint density at radius 2 is 1.85 bits per heavy atom. The average molecular weight is 564 g/mol. The number of fused-ring (bicyclic) bond motifs is 3. The van der Waals surface area contributed by atoms with Crippen molar-refractivity contribution in [3.63, 3.8) is 0 Å². The van der Waals surface area contributed by atoms with Crippen molar-refractivity contribution < 1.29 is 13.7 Å². The number of nitrogens with zero attached hydrogens (tertiary/aromatic N) is 6. The number of anilines is 1. The van der Waals surface area contributed by atoms with Crippen molar-refractivity contribution in [2.24, 2.45) is 0 Å². The van der Waals surface area contributed by atoms with Crippen LogP contribution < -0.4 is 10.5 Å². The SMILES string of the molecule is Cc1ccc(S(=O)c2n[nH]n3c2nc(=O)c2ccc(N4CCN(CC(=O)N5CCCOCC5)CC4)cc23)c(C)c1. The third kappa shape index (κ3) is 5.14. The molecule has 4 aromatic rings. The van der Waals surface area contributed by atoms with Gasteiger partial charge in [-0.2, -0.15) is 4.98 Å². The lowest BCUT2D eigenvalue weighted by atomic mass is 10.2. The normalized spacial score (nSPS) is 17.9. The number of hydrogen-bond acceptors (Lipinski definition) is 8. The first-order chi connectivity index (χ1) is 19.4. The highest BCUT2D eigenvalue weighted by molar-refractivity contribution is 7.85. The lowest BCUT2D eigenvalue weighted by Gasteiger charge is -2.36. The van der Waals surface area contributed by atoms with E-state index < -0.39 is 10.8 Å². The Balaban J connectivity index is 1.22. The maximum Gasteiger partial charge on any atom is 0.281 e. The molecule has 0 spiro atoms. The molecule has 40 heavy (non-hydrogen) atoms. The van der Waals surface area contributed by atoms with E-state index in [1.54, 1.807) is 10.6 Å². The number of hydrogen-bond donors (Lipinski definition) is 1. The minimum Gasteiger partial charge on any atom is -0.380 e. The summed E-state index contributed by atoms with van der Waals surface area (Å²) >= 11 is 0. The smallest absolute Gasteiger partial charge is 0.281 e. The van der Waals surface area contributed by atoms with Gasteiger partial charge in [0.15, 0.2) is 10.7 Å². The third-order valence-electron chi connectivity index (χ3n) is 7.69. The molecule has 4 heterocycles. The highest BCUT2D eigenvalue weighted by Crippen LogP contribution is 2.25. The molecule has 6 rings (SSSR count). The fourth-order valence-electron chi connectivity index (χ4n) is 5.48. The van der Waals surface area contributed by atoms with Gasteiger partial charge in [0.1, 0.15) is 10.8 Å².